The van der Waals surface area contributed by atoms with Crippen LogP contribution in [0.4, 0.5) is 10.1 Å². The molecule has 4 aromatic rings. The molecule has 7 nitrogen and oxygen atoms in total. The number of aromatic nitrogens is 4. The number of rotatable bonds is 5. The third-order valence-corrected chi connectivity index (χ3v) is 6.75. The van der Waals surface area contributed by atoms with Gasteiger partial charge in [-0.2, -0.15) is 10.2 Å². The number of halogens is 1. The van der Waals surface area contributed by atoms with Crippen molar-refractivity contribution in [3.05, 3.63) is 72.3 Å². The quantitative estimate of drug-likeness (QED) is 0.422. The Kier molecular flexibility index (Phi) is 5.95. The maximum Gasteiger partial charge on any atom is 0.233 e. The first-order chi connectivity index (χ1) is 16.1. The third kappa shape index (κ3) is 4.41. The lowest BCUT2D eigenvalue weighted by Crippen LogP contribution is -2.49. The molecule has 0 aliphatic carbocycles. The van der Waals surface area contributed by atoms with Crippen LogP contribution in [0.1, 0.15) is 5.69 Å². The van der Waals surface area contributed by atoms with Gasteiger partial charge < -0.3 is 9.80 Å². The average Bonchev–Trinajstić information content (AvgIpc) is 3.31. The molecule has 5 rings (SSSR count). The smallest absolute Gasteiger partial charge is 0.233 e. The van der Waals surface area contributed by atoms with Crippen LogP contribution < -0.4 is 4.90 Å². The maximum absolute atomic E-state index is 13.4. The Morgan fingerprint density at radius 2 is 1.70 bits per heavy atom. The Labute approximate surface area is 195 Å². The molecular formula is C24H23FN6OS. The number of fused-ring (bicyclic) bond motifs is 1. The van der Waals surface area contributed by atoms with E-state index in [2.05, 4.69) is 32.3 Å². The standard InChI is InChI=1S/C24H23FN6OS/c1-17-21-15-26-31(20-9-7-18(25)8-10-20)23(21)24(28-27-17)33-16-22(32)30-13-11-29(12-14-30)19-5-3-2-4-6-19/h2-10,15H,11-14,16H2,1H3. The Balaban J connectivity index is 1.30. The summed E-state index contributed by atoms with van der Waals surface area (Å²) in [6.45, 7) is 4.88. The van der Waals surface area contributed by atoms with Crippen LogP contribution in [0, 0.1) is 12.7 Å². The van der Waals surface area contributed by atoms with E-state index in [1.54, 1.807) is 23.0 Å². The van der Waals surface area contributed by atoms with Crippen molar-refractivity contribution in [1.29, 1.82) is 0 Å². The summed E-state index contributed by atoms with van der Waals surface area (Å²) >= 11 is 1.36. The van der Waals surface area contributed by atoms with Crippen LogP contribution in [-0.4, -0.2) is 62.7 Å². The number of thioether (sulfide) groups is 1. The molecule has 2 aromatic heterocycles. The van der Waals surface area contributed by atoms with E-state index >= 15 is 0 Å². The lowest BCUT2D eigenvalue weighted by Gasteiger charge is -2.36. The molecule has 1 aliphatic heterocycles. The summed E-state index contributed by atoms with van der Waals surface area (Å²) in [6, 6.07) is 16.4. The van der Waals surface area contributed by atoms with E-state index in [1.807, 2.05) is 30.0 Å². The molecule has 0 atom stereocenters. The van der Waals surface area contributed by atoms with Crippen LogP contribution in [-0.2, 0) is 4.79 Å². The highest BCUT2D eigenvalue weighted by atomic mass is 32.2. The fraction of sp³-hybridized carbons (Fsp3) is 0.250. The Hall–Kier alpha value is -3.46. The number of benzene rings is 2. The second-order valence-electron chi connectivity index (χ2n) is 7.88. The van der Waals surface area contributed by atoms with Gasteiger partial charge in [-0.05, 0) is 43.3 Å². The van der Waals surface area contributed by atoms with Gasteiger partial charge in [0, 0.05) is 37.3 Å². The number of piperazine rings is 1. The number of hydrogen-bond acceptors (Lipinski definition) is 6. The van der Waals surface area contributed by atoms with Gasteiger partial charge in [-0.3, -0.25) is 4.79 Å². The first kappa shape index (κ1) is 21.4. The van der Waals surface area contributed by atoms with Crippen molar-refractivity contribution in [3.8, 4) is 5.69 Å². The molecule has 0 spiro atoms. The first-order valence-electron chi connectivity index (χ1n) is 10.8. The van der Waals surface area contributed by atoms with Gasteiger partial charge in [0.15, 0.2) is 0 Å². The minimum absolute atomic E-state index is 0.0797. The van der Waals surface area contributed by atoms with Gasteiger partial charge in [0.05, 0.1) is 23.3 Å². The number of nitrogens with zero attached hydrogens (tertiary/aromatic N) is 6. The van der Waals surface area contributed by atoms with E-state index in [4.69, 9.17) is 0 Å². The van der Waals surface area contributed by atoms with Gasteiger partial charge >= 0.3 is 0 Å². The van der Waals surface area contributed by atoms with Crippen LogP contribution in [0.25, 0.3) is 16.6 Å². The Morgan fingerprint density at radius 3 is 2.42 bits per heavy atom. The molecule has 0 unspecified atom stereocenters. The topological polar surface area (TPSA) is 67.2 Å². The van der Waals surface area contributed by atoms with Crippen molar-refractivity contribution in [2.75, 3.05) is 36.8 Å². The number of aryl methyl sites for hydroxylation is 1. The minimum Gasteiger partial charge on any atom is -0.368 e. The number of hydrogen-bond donors (Lipinski definition) is 0. The van der Waals surface area contributed by atoms with E-state index in [1.165, 1.54) is 29.6 Å². The van der Waals surface area contributed by atoms with Crippen molar-refractivity contribution in [2.24, 2.45) is 0 Å². The molecule has 1 aliphatic rings. The van der Waals surface area contributed by atoms with Crippen LogP contribution in [0.3, 0.4) is 0 Å². The monoisotopic (exact) mass is 462 g/mol. The largest absolute Gasteiger partial charge is 0.368 e. The van der Waals surface area contributed by atoms with E-state index in [0.29, 0.717) is 18.1 Å². The van der Waals surface area contributed by atoms with Gasteiger partial charge in [-0.15, -0.1) is 5.10 Å². The molecule has 0 N–H and O–H groups in total. The predicted molar refractivity (Wildman–Crippen MR) is 127 cm³/mol. The van der Waals surface area contributed by atoms with Crippen molar-refractivity contribution >= 4 is 34.3 Å². The van der Waals surface area contributed by atoms with Crippen LogP contribution in [0.5, 0.6) is 0 Å². The molecule has 2 aromatic carbocycles. The Morgan fingerprint density at radius 1 is 0.970 bits per heavy atom. The van der Waals surface area contributed by atoms with Crippen molar-refractivity contribution in [3.63, 3.8) is 0 Å². The maximum atomic E-state index is 13.4. The van der Waals surface area contributed by atoms with Crippen LogP contribution in [0.2, 0.25) is 0 Å². The van der Waals surface area contributed by atoms with Gasteiger partial charge in [0.2, 0.25) is 5.91 Å². The number of carbonyl (C=O) groups is 1. The third-order valence-electron chi connectivity index (χ3n) is 5.81. The van der Waals surface area contributed by atoms with Gasteiger partial charge in [0.1, 0.15) is 16.4 Å². The molecule has 1 amide bonds. The fourth-order valence-electron chi connectivity index (χ4n) is 3.99. The molecule has 0 bridgehead atoms. The normalized spacial score (nSPS) is 14.1. The predicted octanol–water partition coefficient (Wildman–Crippen LogP) is 3.70. The number of anilines is 1. The number of amides is 1. The fourth-order valence-corrected chi connectivity index (χ4v) is 4.86. The zero-order valence-corrected chi connectivity index (χ0v) is 19.0. The molecule has 1 saturated heterocycles. The summed E-state index contributed by atoms with van der Waals surface area (Å²) in [5, 5.41) is 14.6. The molecule has 0 saturated carbocycles. The highest BCUT2D eigenvalue weighted by Crippen LogP contribution is 2.29. The van der Waals surface area contributed by atoms with E-state index < -0.39 is 0 Å². The minimum atomic E-state index is -0.307. The van der Waals surface area contributed by atoms with Crippen molar-refractivity contribution < 1.29 is 9.18 Å². The number of carbonyl (C=O) groups excluding carboxylic acids is 1. The molecule has 168 valence electrons. The van der Waals surface area contributed by atoms with E-state index in [-0.39, 0.29) is 17.5 Å². The lowest BCUT2D eigenvalue weighted by molar-refractivity contribution is -0.128. The molecule has 1 fully saturated rings. The van der Waals surface area contributed by atoms with Gasteiger partial charge in [0.25, 0.3) is 0 Å². The molecular weight excluding hydrogens is 439 g/mol. The number of para-hydroxylation sites is 1. The van der Waals surface area contributed by atoms with Gasteiger partial charge in [-0.1, -0.05) is 30.0 Å². The summed E-state index contributed by atoms with van der Waals surface area (Å²) in [5.41, 5.74) is 3.45. The molecule has 0 radical (unpaired) electrons. The first-order valence-corrected chi connectivity index (χ1v) is 11.8. The second-order valence-corrected chi connectivity index (χ2v) is 8.84. The highest BCUT2D eigenvalue weighted by molar-refractivity contribution is 8.00. The average molecular weight is 463 g/mol. The van der Waals surface area contributed by atoms with Crippen LogP contribution >= 0.6 is 11.8 Å². The SMILES string of the molecule is Cc1nnc(SCC(=O)N2CCN(c3ccccc3)CC2)c2c1cnn2-c1ccc(F)cc1. The van der Waals surface area contributed by atoms with Crippen molar-refractivity contribution in [2.45, 2.75) is 11.9 Å². The summed E-state index contributed by atoms with van der Waals surface area (Å²) in [5.74, 6) is 0.0436. The molecule has 33 heavy (non-hydrogen) atoms. The lowest BCUT2D eigenvalue weighted by atomic mass is 10.2. The van der Waals surface area contributed by atoms with E-state index in [9.17, 15) is 9.18 Å². The summed E-state index contributed by atoms with van der Waals surface area (Å²) in [6.07, 6.45) is 1.73. The molecule has 9 heteroatoms. The zero-order valence-electron chi connectivity index (χ0n) is 18.2. The highest BCUT2D eigenvalue weighted by Gasteiger charge is 2.22. The Bertz CT molecular complexity index is 1270. The van der Waals surface area contributed by atoms with Crippen LogP contribution in [0.15, 0.2) is 65.8 Å². The molecule has 3 heterocycles. The van der Waals surface area contributed by atoms with Gasteiger partial charge in [-0.25, -0.2) is 9.07 Å². The zero-order chi connectivity index (χ0) is 22.8. The summed E-state index contributed by atoms with van der Waals surface area (Å²) in [4.78, 5) is 17.1. The summed E-state index contributed by atoms with van der Waals surface area (Å²) in [7, 11) is 0. The second kappa shape index (κ2) is 9.19. The summed E-state index contributed by atoms with van der Waals surface area (Å²) < 4.78 is 15.1. The van der Waals surface area contributed by atoms with E-state index in [0.717, 1.165) is 35.4 Å². The van der Waals surface area contributed by atoms with Crippen molar-refractivity contribution in [1.82, 2.24) is 24.9 Å².